The third kappa shape index (κ3) is 7.71. The van der Waals surface area contributed by atoms with Gasteiger partial charge in [-0.15, -0.1) is 0 Å². The number of methoxy groups -OCH3 is 1. The zero-order chi connectivity index (χ0) is 39.0. The second-order valence-corrected chi connectivity index (χ2v) is 14.4. The van der Waals surface area contributed by atoms with E-state index in [1.54, 1.807) is 48.5 Å². The normalized spacial score (nSPS) is 15.3. The van der Waals surface area contributed by atoms with Gasteiger partial charge in [0.25, 0.3) is 16.7 Å². The van der Waals surface area contributed by atoms with E-state index in [0.717, 1.165) is 28.2 Å². The number of nitrogens with one attached hydrogen (secondary N) is 1. The van der Waals surface area contributed by atoms with Gasteiger partial charge in [0.2, 0.25) is 5.91 Å². The molecule has 0 bridgehead atoms. The molecule has 0 unspecified atom stereocenters. The Labute approximate surface area is 327 Å². The lowest BCUT2D eigenvalue weighted by atomic mass is 10.2. The van der Waals surface area contributed by atoms with E-state index in [1.165, 1.54) is 36.4 Å². The fourth-order valence-corrected chi connectivity index (χ4v) is 7.44. The van der Waals surface area contributed by atoms with Crippen molar-refractivity contribution in [3.05, 3.63) is 108 Å². The number of carbonyl (C=O) groups is 3. The minimum absolute atomic E-state index is 0.0298. The van der Waals surface area contributed by atoms with E-state index < -0.39 is 34.8 Å². The molecule has 2 fully saturated rings. The second kappa shape index (κ2) is 15.7. The van der Waals surface area contributed by atoms with E-state index in [0.29, 0.717) is 51.8 Å². The van der Waals surface area contributed by atoms with Crippen LogP contribution in [-0.4, -0.2) is 80.6 Å². The molecule has 2 aromatic heterocycles. The third-order valence-corrected chi connectivity index (χ3v) is 10.5. The van der Waals surface area contributed by atoms with Crippen molar-refractivity contribution in [2.75, 3.05) is 50.2 Å². The van der Waals surface area contributed by atoms with Gasteiger partial charge in [0.1, 0.15) is 6.54 Å². The molecule has 7 rings (SSSR count). The number of thioether (sulfide) groups is 1. The van der Waals surface area contributed by atoms with Gasteiger partial charge in [-0.3, -0.25) is 37.8 Å². The first-order valence-electron chi connectivity index (χ1n) is 16.9. The molecule has 2 aliphatic heterocycles. The number of imidazole rings is 1. The van der Waals surface area contributed by atoms with Crippen LogP contribution in [0.5, 0.6) is 17.5 Å². The number of carbonyl (C=O) groups excluding carboxylic acids is 3. The number of halogens is 2. The van der Waals surface area contributed by atoms with E-state index in [2.05, 4.69) is 15.2 Å². The van der Waals surface area contributed by atoms with Crippen molar-refractivity contribution < 1.29 is 28.6 Å². The number of rotatable bonds is 10. The van der Waals surface area contributed by atoms with Crippen LogP contribution in [-0.2, 0) is 35.0 Å². The van der Waals surface area contributed by atoms with Crippen molar-refractivity contribution >= 4 is 80.6 Å². The van der Waals surface area contributed by atoms with Crippen LogP contribution in [0.15, 0.2) is 75.2 Å². The number of fused-ring (bicyclic) bond motifs is 1. The van der Waals surface area contributed by atoms with Crippen LogP contribution in [0.1, 0.15) is 11.1 Å². The van der Waals surface area contributed by atoms with Crippen molar-refractivity contribution in [1.82, 2.24) is 23.6 Å². The Morgan fingerprint density at radius 3 is 2.42 bits per heavy atom. The molecule has 284 valence electrons. The first-order chi connectivity index (χ1) is 26.4. The van der Waals surface area contributed by atoms with Crippen LogP contribution in [0.2, 0.25) is 10.0 Å². The molecule has 1 N–H and O–H groups in total. The van der Waals surface area contributed by atoms with Gasteiger partial charge in [0, 0.05) is 48.6 Å². The summed E-state index contributed by atoms with van der Waals surface area (Å²) in [5, 5.41) is 2.95. The molecule has 2 aliphatic rings. The summed E-state index contributed by atoms with van der Waals surface area (Å²) >= 11 is 13.3. The Bertz CT molecular complexity index is 2510. The van der Waals surface area contributed by atoms with Crippen molar-refractivity contribution in [3.63, 3.8) is 0 Å². The number of hydrogen-bond acceptors (Lipinski definition) is 11. The number of hydrogen-bond donors (Lipinski definition) is 1. The summed E-state index contributed by atoms with van der Waals surface area (Å²) in [5.41, 5.74) is 1.69. The summed E-state index contributed by atoms with van der Waals surface area (Å²) in [5.74, 6) is -0.707. The van der Waals surface area contributed by atoms with Gasteiger partial charge < -0.3 is 24.4 Å². The Morgan fingerprint density at radius 2 is 1.71 bits per heavy atom. The van der Waals surface area contributed by atoms with Crippen molar-refractivity contribution in [1.29, 1.82) is 0 Å². The maximum Gasteiger partial charge on any atom is 0.332 e. The highest BCUT2D eigenvalue weighted by Crippen LogP contribution is 2.37. The lowest BCUT2D eigenvalue weighted by Crippen LogP contribution is -2.37. The van der Waals surface area contributed by atoms with E-state index in [9.17, 15) is 24.0 Å². The summed E-state index contributed by atoms with van der Waals surface area (Å²) in [6.07, 6.45) is 1.51. The Morgan fingerprint density at radius 1 is 0.964 bits per heavy atom. The minimum Gasteiger partial charge on any atom is -0.493 e. The molecule has 0 aliphatic carbocycles. The van der Waals surface area contributed by atoms with Crippen molar-refractivity contribution in [2.45, 2.75) is 6.54 Å². The SMILES string of the molecule is COc1cc(/C=C2\SC(=O)N(CC(=O)Nc3ccc(N4CCOCC4)cc3)C2=O)ccc1Oc1nc2c(c(=O)n(C)c(=O)n2C)n1Cc1ccc(Cl)cc1Cl. The van der Waals surface area contributed by atoms with Gasteiger partial charge in [0.05, 0.1) is 31.8 Å². The van der Waals surface area contributed by atoms with Crippen LogP contribution in [0, 0.1) is 0 Å². The topological polar surface area (TPSA) is 159 Å². The second-order valence-electron chi connectivity index (χ2n) is 12.6. The summed E-state index contributed by atoms with van der Waals surface area (Å²) < 4.78 is 21.0. The van der Waals surface area contributed by atoms with Gasteiger partial charge in [-0.2, -0.15) is 4.98 Å². The van der Waals surface area contributed by atoms with Crippen molar-refractivity contribution in [2.24, 2.45) is 14.1 Å². The number of aryl methyl sites for hydroxylation is 1. The van der Waals surface area contributed by atoms with Gasteiger partial charge >= 0.3 is 11.7 Å². The number of benzene rings is 3. The smallest absolute Gasteiger partial charge is 0.332 e. The molecule has 0 spiro atoms. The summed E-state index contributed by atoms with van der Waals surface area (Å²) in [4.78, 5) is 72.9. The van der Waals surface area contributed by atoms with Gasteiger partial charge in [-0.05, 0) is 77.5 Å². The van der Waals surface area contributed by atoms with Crippen LogP contribution < -0.4 is 30.9 Å². The largest absolute Gasteiger partial charge is 0.493 e. The molecule has 3 aromatic carbocycles. The molecule has 0 radical (unpaired) electrons. The highest BCUT2D eigenvalue weighted by molar-refractivity contribution is 8.18. The minimum atomic E-state index is -0.617. The molecule has 2 saturated heterocycles. The van der Waals surface area contributed by atoms with Crippen LogP contribution in [0.25, 0.3) is 17.2 Å². The predicted molar refractivity (Wildman–Crippen MR) is 210 cm³/mol. The summed E-state index contributed by atoms with van der Waals surface area (Å²) in [7, 11) is 4.29. The van der Waals surface area contributed by atoms with Crippen molar-refractivity contribution in [3.8, 4) is 17.5 Å². The predicted octanol–water partition coefficient (Wildman–Crippen LogP) is 5.10. The Balaban J connectivity index is 1.10. The molecule has 55 heavy (non-hydrogen) atoms. The molecule has 4 heterocycles. The maximum absolute atomic E-state index is 13.4. The maximum atomic E-state index is 13.4. The quantitative estimate of drug-likeness (QED) is 0.187. The van der Waals surface area contributed by atoms with Crippen LogP contribution in [0.4, 0.5) is 16.2 Å². The molecule has 5 aromatic rings. The molecular formula is C37H33Cl2N7O8S. The number of aromatic nitrogens is 4. The molecule has 0 atom stereocenters. The zero-order valence-electron chi connectivity index (χ0n) is 29.7. The fraction of sp³-hybridized carbons (Fsp3) is 0.243. The van der Waals surface area contributed by atoms with Gasteiger partial charge in [-0.25, -0.2) is 4.79 Å². The van der Waals surface area contributed by atoms with Gasteiger partial charge in [0.15, 0.2) is 22.7 Å². The molecule has 18 heteroatoms. The van der Waals surface area contributed by atoms with E-state index in [4.69, 9.17) is 37.4 Å². The molecule has 15 nitrogen and oxygen atoms in total. The molecular weight excluding hydrogens is 773 g/mol. The number of nitrogens with zero attached hydrogens (tertiary/aromatic N) is 6. The first-order valence-corrected chi connectivity index (χ1v) is 18.4. The monoisotopic (exact) mass is 805 g/mol. The lowest BCUT2D eigenvalue weighted by molar-refractivity contribution is -0.127. The highest BCUT2D eigenvalue weighted by Gasteiger charge is 2.36. The standard InChI is InChI=1S/C37H33Cl2N7O8S/c1-42-32-31(34(49)43(2)36(42)50)45(19-22-5-6-23(38)18-26(22)39)35(41-32)54-27-11-4-21(16-28(27)52-3)17-29-33(48)46(37(51)55-29)20-30(47)40-24-7-9-25(10-8-24)44-12-14-53-15-13-44/h4-11,16-18H,12-15,19-20H2,1-3H3,(H,40,47)/b29-17-. The van der Waals surface area contributed by atoms with Crippen LogP contribution in [0.3, 0.4) is 0 Å². The highest BCUT2D eigenvalue weighted by atomic mass is 35.5. The third-order valence-electron chi connectivity index (χ3n) is 9.05. The Kier molecular flexibility index (Phi) is 10.8. The van der Waals surface area contributed by atoms with Crippen LogP contribution >= 0.6 is 35.0 Å². The zero-order valence-corrected chi connectivity index (χ0v) is 32.0. The number of anilines is 2. The number of imide groups is 1. The number of morpholine rings is 1. The average molecular weight is 807 g/mol. The molecule has 0 saturated carbocycles. The molecule has 3 amide bonds. The van der Waals surface area contributed by atoms with Gasteiger partial charge in [-0.1, -0.05) is 35.3 Å². The fourth-order valence-electron chi connectivity index (χ4n) is 6.14. The average Bonchev–Trinajstić information content (AvgIpc) is 3.66. The summed E-state index contributed by atoms with van der Waals surface area (Å²) in [6.45, 7) is 2.46. The Hall–Kier alpha value is -5.55. The first kappa shape index (κ1) is 37.8. The van der Waals surface area contributed by atoms with E-state index in [1.807, 2.05) is 12.1 Å². The number of ether oxygens (including phenoxy) is 3. The van der Waals surface area contributed by atoms with E-state index in [-0.39, 0.29) is 40.1 Å². The van der Waals surface area contributed by atoms with E-state index >= 15 is 0 Å². The summed E-state index contributed by atoms with van der Waals surface area (Å²) in [6, 6.07) is 17.0. The number of amides is 3. The lowest BCUT2D eigenvalue weighted by Gasteiger charge is -2.28.